The molecule has 0 spiro atoms. The van der Waals surface area contributed by atoms with Crippen molar-refractivity contribution < 1.29 is 19.6 Å². The lowest BCUT2D eigenvalue weighted by molar-refractivity contribution is -0.384. The molecular formula is C27H19N3O5. The number of anilines is 1. The van der Waals surface area contributed by atoms with Gasteiger partial charge in [-0.05, 0) is 34.5 Å². The Bertz CT molecular complexity index is 1500. The molecule has 0 atom stereocenters. The molecule has 0 saturated heterocycles. The molecule has 0 aliphatic rings. The Morgan fingerprint density at radius 2 is 1.80 bits per heavy atom. The van der Waals surface area contributed by atoms with Crippen LogP contribution >= 0.6 is 0 Å². The first kappa shape index (κ1) is 23.0. The first-order valence-corrected chi connectivity index (χ1v) is 10.6. The average molecular weight is 465 g/mol. The Morgan fingerprint density at radius 3 is 2.57 bits per heavy atom. The van der Waals surface area contributed by atoms with Gasteiger partial charge in [0.2, 0.25) is 0 Å². The summed E-state index contributed by atoms with van der Waals surface area (Å²) in [6.45, 7) is 0.289. The molecule has 1 amide bonds. The highest BCUT2D eigenvalue weighted by Gasteiger charge is 2.16. The number of fused-ring (bicyclic) bond motifs is 1. The van der Waals surface area contributed by atoms with E-state index in [0.717, 1.165) is 28.5 Å². The number of nitriles is 1. The number of carbonyl (C=O) groups excluding carboxylic acids is 1. The average Bonchev–Trinajstić information content (AvgIpc) is 2.87. The number of aromatic hydroxyl groups is 1. The Balaban J connectivity index is 1.55. The van der Waals surface area contributed by atoms with Gasteiger partial charge < -0.3 is 15.2 Å². The number of para-hydroxylation sites is 1. The Morgan fingerprint density at radius 1 is 1.06 bits per heavy atom. The van der Waals surface area contributed by atoms with Crippen molar-refractivity contribution >= 4 is 34.1 Å². The number of hydrogen-bond acceptors (Lipinski definition) is 6. The number of nitrogens with zero attached hydrogens (tertiary/aromatic N) is 2. The summed E-state index contributed by atoms with van der Waals surface area (Å²) in [5, 5.41) is 35.0. The number of phenolic OH excluding ortho intramolecular Hbond substituents is 1. The number of amides is 1. The van der Waals surface area contributed by atoms with Crippen molar-refractivity contribution in [2.75, 3.05) is 5.32 Å². The maximum Gasteiger partial charge on any atom is 0.273 e. The van der Waals surface area contributed by atoms with Gasteiger partial charge in [0.1, 0.15) is 29.7 Å². The van der Waals surface area contributed by atoms with Gasteiger partial charge in [-0.25, -0.2) is 0 Å². The van der Waals surface area contributed by atoms with Gasteiger partial charge in [0, 0.05) is 11.6 Å². The molecule has 0 aliphatic carbocycles. The third kappa shape index (κ3) is 5.26. The van der Waals surface area contributed by atoms with E-state index in [1.807, 2.05) is 48.5 Å². The lowest BCUT2D eigenvalue weighted by Gasteiger charge is -2.12. The van der Waals surface area contributed by atoms with E-state index >= 15 is 0 Å². The van der Waals surface area contributed by atoms with Gasteiger partial charge >= 0.3 is 0 Å². The number of phenols is 1. The Kier molecular flexibility index (Phi) is 6.70. The van der Waals surface area contributed by atoms with Crippen molar-refractivity contribution in [2.24, 2.45) is 0 Å². The van der Waals surface area contributed by atoms with Crippen LogP contribution in [0.2, 0.25) is 0 Å². The highest BCUT2D eigenvalue weighted by molar-refractivity contribution is 6.10. The van der Waals surface area contributed by atoms with Gasteiger partial charge in [0.15, 0.2) is 0 Å². The zero-order valence-electron chi connectivity index (χ0n) is 18.3. The number of ether oxygens (including phenoxy) is 1. The molecule has 0 radical (unpaired) electrons. The number of non-ortho nitro benzene ring substituents is 1. The molecule has 0 aromatic heterocycles. The Hall–Kier alpha value is -5.16. The quantitative estimate of drug-likeness (QED) is 0.121. The smallest absolute Gasteiger partial charge is 0.273 e. The fourth-order valence-electron chi connectivity index (χ4n) is 3.54. The van der Waals surface area contributed by atoms with Gasteiger partial charge in [-0.2, -0.15) is 5.26 Å². The van der Waals surface area contributed by atoms with Crippen LogP contribution in [0.3, 0.4) is 0 Å². The molecule has 4 aromatic rings. The maximum atomic E-state index is 12.7. The third-order valence-corrected chi connectivity index (χ3v) is 5.29. The number of nitro benzene ring substituents is 1. The maximum absolute atomic E-state index is 12.7. The zero-order valence-corrected chi connectivity index (χ0v) is 18.3. The number of benzene rings is 4. The minimum absolute atomic E-state index is 0.0535. The fraction of sp³-hybridized carbons (Fsp3) is 0.0370. The Labute approximate surface area is 200 Å². The van der Waals surface area contributed by atoms with Crippen LogP contribution in [0, 0.1) is 21.4 Å². The molecule has 4 aromatic carbocycles. The van der Waals surface area contributed by atoms with Crippen molar-refractivity contribution in [1.29, 1.82) is 5.26 Å². The SMILES string of the molecule is N#C/C(=C\c1ccccc1OCc1cccc2ccccc12)C(=O)Nc1ccc([N+](=O)[O-])cc1O. The van der Waals surface area contributed by atoms with Crippen LogP contribution in [0.4, 0.5) is 11.4 Å². The van der Waals surface area contributed by atoms with Crippen LogP contribution < -0.4 is 10.1 Å². The fourth-order valence-corrected chi connectivity index (χ4v) is 3.54. The molecule has 0 fully saturated rings. The molecule has 4 rings (SSSR count). The first-order chi connectivity index (χ1) is 17.0. The predicted octanol–water partition coefficient (Wildman–Crippen LogP) is 5.58. The van der Waals surface area contributed by atoms with Crippen LogP contribution in [0.25, 0.3) is 16.8 Å². The van der Waals surface area contributed by atoms with Crippen LogP contribution in [0.1, 0.15) is 11.1 Å². The van der Waals surface area contributed by atoms with E-state index in [1.165, 1.54) is 12.1 Å². The topological polar surface area (TPSA) is 125 Å². The van der Waals surface area contributed by atoms with E-state index in [0.29, 0.717) is 11.3 Å². The molecular weight excluding hydrogens is 446 g/mol. The van der Waals surface area contributed by atoms with Crippen molar-refractivity contribution in [1.82, 2.24) is 0 Å². The number of nitrogens with one attached hydrogen (secondary N) is 1. The second kappa shape index (κ2) is 10.2. The van der Waals surface area contributed by atoms with Crippen molar-refractivity contribution in [2.45, 2.75) is 6.61 Å². The summed E-state index contributed by atoms with van der Waals surface area (Å²) in [7, 11) is 0. The summed E-state index contributed by atoms with van der Waals surface area (Å²) < 4.78 is 6.04. The summed E-state index contributed by atoms with van der Waals surface area (Å²) in [6.07, 6.45) is 1.39. The predicted molar refractivity (Wildman–Crippen MR) is 132 cm³/mol. The van der Waals surface area contributed by atoms with E-state index < -0.39 is 16.6 Å². The normalized spacial score (nSPS) is 11.0. The molecule has 172 valence electrons. The highest BCUT2D eigenvalue weighted by atomic mass is 16.6. The summed E-state index contributed by atoms with van der Waals surface area (Å²) in [5.74, 6) is -0.775. The number of hydrogen-bond donors (Lipinski definition) is 2. The van der Waals surface area contributed by atoms with Crippen LogP contribution in [-0.4, -0.2) is 15.9 Å². The van der Waals surface area contributed by atoms with Gasteiger partial charge in [-0.15, -0.1) is 0 Å². The van der Waals surface area contributed by atoms with E-state index in [-0.39, 0.29) is 23.6 Å². The minimum Gasteiger partial charge on any atom is -0.506 e. The lowest BCUT2D eigenvalue weighted by atomic mass is 10.1. The molecule has 0 saturated carbocycles. The molecule has 0 heterocycles. The largest absolute Gasteiger partial charge is 0.506 e. The van der Waals surface area contributed by atoms with Crippen molar-refractivity contribution in [3.05, 3.63) is 112 Å². The van der Waals surface area contributed by atoms with Crippen LogP contribution in [-0.2, 0) is 11.4 Å². The van der Waals surface area contributed by atoms with E-state index in [9.17, 15) is 25.3 Å². The van der Waals surface area contributed by atoms with Gasteiger partial charge in [0.05, 0.1) is 16.7 Å². The summed E-state index contributed by atoms with van der Waals surface area (Å²) in [6, 6.07) is 26.0. The summed E-state index contributed by atoms with van der Waals surface area (Å²) >= 11 is 0. The van der Waals surface area contributed by atoms with E-state index in [4.69, 9.17) is 4.74 Å². The first-order valence-electron chi connectivity index (χ1n) is 10.6. The molecule has 8 nitrogen and oxygen atoms in total. The second-order valence-electron chi connectivity index (χ2n) is 7.55. The van der Waals surface area contributed by atoms with Gasteiger partial charge in [-0.3, -0.25) is 14.9 Å². The monoisotopic (exact) mass is 465 g/mol. The molecule has 0 bridgehead atoms. The lowest BCUT2D eigenvalue weighted by Crippen LogP contribution is -2.13. The standard InChI is InChI=1S/C27H19N3O5/c28-16-21(27(32)29-24-13-12-22(30(33)34)15-25(24)31)14-19-7-2-4-11-26(19)35-17-20-9-5-8-18-6-1-3-10-23(18)20/h1-15,31H,17H2,(H,29,32)/b21-14+. The molecule has 0 unspecified atom stereocenters. The zero-order chi connectivity index (χ0) is 24.8. The van der Waals surface area contributed by atoms with Gasteiger partial charge in [0.25, 0.3) is 11.6 Å². The van der Waals surface area contributed by atoms with E-state index in [1.54, 1.807) is 24.3 Å². The van der Waals surface area contributed by atoms with Crippen LogP contribution in [0.15, 0.2) is 90.5 Å². The van der Waals surface area contributed by atoms with Gasteiger partial charge in [-0.1, -0.05) is 60.7 Å². The third-order valence-electron chi connectivity index (χ3n) is 5.29. The van der Waals surface area contributed by atoms with Crippen molar-refractivity contribution in [3.63, 3.8) is 0 Å². The second-order valence-corrected chi connectivity index (χ2v) is 7.55. The van der Waals surface area contributed by atoms with E-state index in [2.05, 4.69) is 5.32 Å². The number of rotatable bonds is 7. The summed E-state index contributed by atoms with van der Waals surface area (Å²) in [4.78, 5) is 22.8. The van der Waals surface area contributed by atoms with Crippen molar-refractivity contribution in [3.8, 4) is 17.6 Å². The highest BCUT2D eigenvalue weighted by Crippen LogP contribution is 2.29. The molecule has 8 heteroatoms. The minimum atomic E-state index is -0.777. The number of nitro groups is 1. The molecule has 35 heavy (non-hydrogen) atoms. The number of carbonyl (C=O) groups is 1. The molecule has 0 aliphatic heterocycles. The van der Waals surface area contributed by atoms with Crippen LogP contribution in [0.5, 0.6) is 11.5 Å². The summed E-state index contributed by atoms with van der Waals surface area (Å²) in [5.41, 5.74) is 0.904. The molecule has 2 N–H and O–H groups in total.